The predicted octanol–water partition coefficient (Wildman–Crippen LogP) is 2.94. The summed E-state index contributed by atoms with van der Waals surface area (Å²) in [5.74, 6) is 2.18. The molecule has 1 aromatic carbocycles. The average molecular weight is 293 g/mol. The number of hydrogen-bond donors (Lipinski definition) is 2. The third kappa shape index (κ3) is 4.15. The molecule has 5 heteroatoms. The number of amides is 2. The summed E-state index contributed by atoms with van der Waals surface area (Å²) in [6.45, 7) is 3.79. The number of rotatable bonds is 3. The predicted molar refractivity (Wildman–Crippen MR) is 86.5 cm³/mol. The second-order valence-electron chi connectivity index (χ2n) is 5.02. The highest BCUT2D eigenvalue weighted by atomic mass is 32.2. The highest BCUT2D eigenvalue weighted by Crippen LogP contribution is 2.18. The van der Waals surface area contributed by atoms with Crippen LogP contribution in [0, 0.1) is 0 Å². The van der Waals surface area contributed by atoms with E-state index in [9.17, 15) is 4.79 Å². The van der Waals surface area contributed by atoms with Gasteiger partial charge in [-0.05, 0) is 43.8 Å². The van der Waals surface area contributed by atoms with Gasteiger partial charge in [0.2, 0.25) is 0 Å². The van der Waals surface area contributed by atoms with Crippen molar-refractivity contribution in [3.63, 3.8) is 0 Å². The molecule has 2 rings (SSSR count). The van der Waals surface area contributed by atoms with E-state index in [2.05, 4.69) is 23.6 Å². The van der Waals surface area contributed by atoms with Crippen LogP contribution in [-0.2, 0) is 0 Å². The Balaban J connectivity index is 1.99. The van der Waals surface area contributed by atoms with Crippen LogP contribution in [0.1, 0.15) is 24.9 Å². The van der Waals surface area contributed by atoms with Gasteiger partial charge in [0.05, 0.1) is 0 Å². The molecule has 1 aliphatic rings. The van der Waals surface area contributed by atoms with Crippen LogP contribution in [0.25, 0.3) is 0 Å². The number of nitrogens with zero attached hydrogens (tertiary/aromatic N) is 1. The molecule has 0 aromatic heterocycles. The molecular formula is C15H23N3OS. The lowest BCUT2D eigenvalue weighted by atomic mass is 10.1. The average Bonchev–Trinajstić information content (AvgIpc) is 2.76. The Hall–Kier alpha value is -1.20. The van der Waals surface area contributed by atoms with Crippen LogP contribution in [0.5, 0.6) is 0 Å². The fourth-order valence-corrected chi connectivity index (χ4v) is 3.09. The van der Waals surface area contributed by atoms with E-state index in [1.54, 1.807) is 0 Å². The van der Waals surface area contributed by atoms with Gasteiger partial charge in [0.25, 0.3) is 0 Å². The van der Waals surface area contributed by atoms with Crippen LogP contribution < -0.4 is 10.6 Å². The largest absolute Gasteiger partial charge is 0.324 e. The number of hydrogen-bond acceptors (Lipinski definition) is 3. The van der Waals surface area contributed by atoms with E-state index in [1.165, 1.54) is 5.56 Å². The maximum Gasteiger partial charge on any atom is 0.321 e. The van der Waals surface area contributed by atoms with Gasteiger partial charge >= 0.3 is 6.03 Å². The number of thioether (sulfide) groups is 1. The molecular weight excluding hydrogens is 270 g/mol. The van der Waals surface area contributed by atoms with Crippen molar-refractivity contribution >= 4 is 23.5 Å². The third-order valence-electron chi connectivity index (χ3n) is 3.58. The minimum Gasteiger partial charge on any atom is -0.324 e. The molecule has 0 saturated carbocycles. The van der Waals surface area contributed by atoms with Crippen LogP contribution >= 0.6 is 11.8 Å². The van der Waals surface area contributed by atoms with Gasteiger partial charge < -0.3 is 15.5 Å². The zero-order chi connectivity index (χ0) is 14.4. The van der Waals surface area contributed by atoms with Crippen LogP contribution in [0.2, 0.25) is 0 Å². The van der Waals surface area contributed by atoms with Gasteiger partial charge in [-0.2, -0.15) is 11.8 Å². The minimum absolute atomic E-state index is 0.0155. The summed E-state index contributed by atoms with van der Waals surface area (Å²) in [7, 11) is 1.94. The second-order valence-corrected chi connectivity index (χ2v) is 6.24. The molecule has 1 unspecified atom stereocenters. The van der Waals surface area contributed by atoms with Crippen LogP contribution in [-0.4, -0.2) is 42.6 Å². The number of carbonyl (C=O) groups excluding carboxylic acids is 1. The minimum atomic E-state index is 0.0155. The zero-order valence-corrected chi connectivity index (χ0v) is 13.0. The third-order valence-corrected chi connectivity index (χ3v) is 4.63. The Morgan fingerprint density at radius 1 is 1.35 bits per heavy atom. The van der Waals surface area contributed by atoms with Crippen LogP contribution in [0.15, 0.2) is 24.3 Å². The first kappa shape index (κ1) is 15.2. The van der Waals surface area contributed by atoms with E-state index in [0.29, 0.717) is 0 Å². The Kier molecular flexibility index (Phi) is 5.73. The SMILES string of the molecule is CNC(C)c1cccc(NC(=O)N2CCCSCC2)c1. The van der Waals surface area contributed by atoms with Gasteiger partial charge in [0.1, 0.15) is 0 Å². The summed E-state index contributed by atoms with van der Waals surface area (Å²) >= 11 is 1.92. The topological polar surface area (TPSA) is 44.4 Å². The van der Waals surface area contributed by atoms with Crippen molar-refractivity contribution in [2.75, 3.05) is 37.0 Å². The fourth-order valence-electron chi connectivity index (χ4n) is 2.20. The molecule has 1 aromatic rings. The van der Waals surface area contributed by atoms with Crippen molar-refractivity contribution in [3.05, 3.63) is 29.8 Å². The van der Waals surface area contributed by atoms with Crippen LogP contribution in [0.4, 0.5) is 10.5 Å². The summed E-state index contributed by atoms with van der Waals surface area (Å²) in [6, 6.07) is 8.32. The molecule has 0 radical (unpaired) electrons. The number of benzene rings is 1. The van der Waals surface area contributed by atoms with E-state index in [-0.39, 0.29) is 12.1 Å². The molecule has 110 valence electrons. The van der Waals surface area contributed by atoms with Gasteiger partial charge in [-0.1, -0.05) is 12.1 Å². The normalized spacial score (nSPS) is 17.4. The molecule has 1 atom stereocenters. The first-order chi connectivity index (χ1) is 9.70. The van der Waals surface area contributed by atoms with Gasteiger partial charge in [-0.25, -0.2) is 4.79 Å². The Morgan fingerprint density at radius 2 is 2.20 bits per heavy atom. The summed E-state index contributed by atoms with van der Waals surface area (Å²) < 4.78 is 0. The first-order valence-corrected chi connectivity index (χ1v) is 8.27. The summed E-state index contributed by atoms with van der Waals surface area (Å²) in [6.07, 6.45) is 1.08. The molecule has 1 fully saturated rings. The van der Waals surface area contributed by atoms with E-state index in [0.717, 1.165) is 36.7 Å². The van der Waals surface area contributed by atoms with Crippen LogP contribution in [0.3, 0.4) is 0 Å². The maximum atomic E-state index is 12.3. The lowest BCUT2D eigenvalue weighted by Crippen LogP contribution is -2.36. The Bertz CT molecular complexity index is 444. The standard InChI is InChI=1S/C15H23N3OS/c1-12(16-2)13-5-3-6-14(11-13)17-15(19)18-7-4-9-20-10-8-18/h3,5-6,11-12,16H,4,7-10H2,1-2H3,(H,17,19). The van der Waals surface area contributed by atoms with Crippen molar-refractivity contribution < 1.29 is 4.79 Å². The van der Waals surface area contributed by atoms with Gasteiger partial charge in [-0.3, -0.25) is 0 Å². The highest BCUT2D eigenvalue weighted by molar-refractivity contribution is 7.99. The van der Waals surface area contributed by atoms with Crippen molar-refractivity contribution in [2.45, 2.75) is 19.4 Å². The zero-order valence-electron chi connectivity index (χ0n) is 12.2. The van der Waals surface area contributed by atoms with E-state index in [1.807, 2.05) is 41.9 Å². The van der Waals surface area contributed by atoms with Crippen molar-refractivity contribution in [1.29, 1.82) is 0 Å². The lowest BCUT2D eigenvalue weighted by molar-refractivity contribution is 0.216. The van der Waals surface area contributed by atoms with Crippen molar-refractivity contribution in [1.82, 2.24) is 10.2 Å². The molecule has 2 N–H and O–H groups in total. The fraction of sp³-hybridized carbons (Fsp3) is 0.533. The van der Waals surface area contributed by atoms with Gasteiger partial charge in [-0.15, -0.1) is 0 Å². The lowest BCUT2D eigenvalue weighted by Gasteiger charge is -2.21. The first-order valence-electron chi connectivity index (χ1n) is 7.11. The molecule has 20 heavy (non-hydrogen) atoms. The molecule has 1 heterocycles. The molecule has 2 amide bonds. The number of urea groups is 1. The Labute approximate surface area is 125 Å². The number of anilines is 1. The molecule has 0 aliphatic carbocycles. The van der Waals surface area contributed by atoms with E-state index in [4.69, 9.17) is 0 Å². The summed E-state index contributed by atoms with van der Waals surface area (Å²) in [5.41, 5.74) is 2.04. The van der Waals surface area contributed by atoms with E-state index < -0.39 is 0 Å². The summed E-state index contributed by atoms with van der Waals surface area (Å²) in [4.78, 5) is 14.2. The van der Waals surface area contributed by atoms with Crippen molar-refractivity contribution in [2.24, 2.45) is 0 Å². The highest BCUT2D eigenvalue weighted by Gasteiger charge is 2.15. The van der Waals surface area contributed by atoms with Crippen molar-refractivity contribution in [3.8, 4) is 0 Å². The molecule has 0 spiro atoms. The molecule has 1 saturated heterocycles. The van der Waals surface area contributed by atoms with Gasteiger partial charge in [0, 0.05) is 30.6 Å². The van der Waals surface area contributed by atoms with Gasteiger partial charge in [0.15, 0.2) is 0 Å². The number of nitrogens with one attached hydrogen (secondary N) is 2. The number of carbonyl (C=O) groups is 1. The maximum absolute atomic E-state index is 12.3. The molecule has 1 aliphatic heterocycles. The molecule has 0 bridgehead atoms. The monoisotopic (exact) mass is 293 g/mol. The summed E-state index contributed by atoms with van der Waals surface area (Å²) in [5, 5.41) is 6.22. The Morgan fingerprint density at radius 3 is 3.00 bits per heavy atom. The second kappa shape index (κ2) is 7.55. The van der Waals surface area contributed by atoms with E-state index >= 15 is 0 Å². The molecule has 4 nitrogen and oxygen atoms in total. The quantitative estimate of drug-likeness (QED) is 0.900. The smallest absolute Gasteiger partial charge is 0.321 e.